The Morgan fingerprint density at radius 1 is 1.05 bits per heavy atom. The highest BCUT2D eigenvalue weighted by Gasteiger charge is 2.07. The second-order valence-corrected chi connectivity index (χ2v) is 4.84. The van der Waals surface area contributed by atoms with Gasteiger partial charge in [0.25, 0.3) is 0 Å². The topological polar surface area (TPSA) is 75.9 Å². The molecule has 0 atom stereocenters. The van der Waals surface area contributed by atoms with Crippen LogP contribution < -0.4 is 16.6 Å². The number of anilines is 2. The highest BCUT2D eigenvalue weighted by Crippen LogP contribution is 2.19. The van der Waals surface area contributed by atoms with Crippen LogP contribution in [0.5, 0.6) is 0 Å². The fourth-order valence-electron chi connectivity index (χ4n) is 2.15. The number of benzene rings is 1. The summed E-state index contributed by atoms with van der Waals surface area (Å²) >= 11 is 0. The van der Waals surface area contributed by atoms with Gasteiger partial charge in [-0.1, -0.05) is 24.3 Å². The zero-order valence-corrected chi connectivity index (χ0v) is 12.2. The number of nitrogens with one attached hydrogen (secondary N) is 2. The van der Waals surface area contributed by atoms with Crippen LogP contribution in [-0.2, 0) is 6.42 Å². The van der Waals surface area contributed by atoms with E-state index in [-0.39, 0.29) is 0 Å². The van der Waals surface area contributed by atoms with Crippen molar-refractivity contribution in [1.82, 2.24) is 9.97 Å². The van der Waals surface area contributed by atoms with E-state index in [1.165, 1.54) is 11.1 Å². The maximum absolute atomic E-state index is 5.46. The van der Waals surface area contributed by atoms with Gasteiger partial charge in [-0.25, -0.2) is 15.8 Å². The number of hydrogen-bond donors (Lipinski definition) is 3. The molecule has 0 radical (unpaired) electrons. The fourth-order valence-corrected chi connectivity index (χ4v) is 2.15. The minimum absolute atomic E-state index is 0.663. The van der Waals surface area contributed by atoms with Crippen LogP contribution in [0.25, 0.3) is 0 Å². The maximum atomic E-state index is 5.46. The first kappa shape index (κ1) is 14.3. The Morgan fingerprint density at radius 3 is 2.45 bits per heavy atom. The van der Waals surface area contributed by atoms with Crippen LogP contribution in [0.2, 0.25) is 0 Å². The molecular weight excluding hydrogens is 250 g/mol. The minimum Gasteiger partial charge on any atom is -0.369 e. The number of nitrogens with zero attached hydrogens (tertiary/aromatic N) is 2. The molecule has 0 aliphatic heterocycles. The van der Waals surface area contributed by atoms with Crippen LogP contribution in [0.15, 0.2) is 24.3 Å². The Balaban J connectivity index is 2.05. The van der Waals surface area contributed by atoms with Crippen LogP contribution in [0.3, 0.4) is 0 Å². The Kier molecular flexibility index (Phi) is 4.53. The SMILES string of the molecule is Cc1nc(NN)c(C)c(NCCc2ccccc2C)n1. The van der Waals surface area contributed by atoms with Gasteiger partial charge in [0.05, 0.1) is 0 Å². The molecular formula is C15H21N5. The Bertz CT molecular complexity index is 595. The molecule has 20 heavy (non-hydrogen) atoms. The van der Waals surface area contributed by atoms with Gasteiger partial charge in [0.15, 0.2) is 0 Å². The van der Waals surface area contributed by atoms with Crippen molar-refractivity contribution in [2.24, 2.45) is 5.84 Å². The van der Waals surface area contributed by atoms with E-state index in [0.717, 1.165) is 24.3 Å². The maximum Gasteiger partial charge on any atom is 0.148 e. The van der Waals surface area contributed by atoms with E-state index in [1.54, 1.807) is 0 Å². The molecule has 0 saturated carbocycles. The third-order valence-electron chi connectivity index (χ3n) is 3.34. The van der Waals surface area contributed by atoms with Gasteiger partial charge in [-0.15, -0.1) is 0 Å². The van der Waals surface area contributed by atoms with Crippen molar-refractivity contribution in [3.8, 4) is 0 Å². The zero-order valence-electron chi connectivity index (χ0n) is 12.2. The molecule has 4 N–H and O–H groups in total. The molecule has 2 aromatic rings. The van der Waals surface area contributed by atoms with Crippen molar-refractivity contribution in [2.45, 2.75) is 27.2 Å². The molecule has 1 aromatic carbocycles. The lowest BCUT2D eigenvalue weighted by Crippen LogP contribution is -2.15. The molecule has 0 spiro atoms. The standard InChI is InChI=1S/C15H21N5/c1-10-6-4-5-7-13(10)8-9-17-14-11(2)15(20-16)19-12(3)18-14/h4-7H,8-9,16H2,1-3H3,(H2,17,18,19,20). The first-order chi connectivity index (χ1) is 9.61. The Labute approximate surface area is 119 Å². The van der Waals surface area contributed by atoms with Gasteiger partial charge in [0.2, 0.25) is 0 Å². The van der Waals surface area contributed by atoms with Gasteiger partial charge >= 0.3 is 0 Å². The smallest absolute Gasteiger partial charge is 0.148 e. The van der Waals surface area contributed by atoms with Crippen molar-refractivity contribution in [2.75, 3.05) is 17.3 Å². The second-order valence-electron chi connectivity index (χ2n) is 4.84. The largest absolute Gasteiger partial charge is 0.369 e. The number of hydrazine groups is 1. The summed E-state index contributed by atoms with van der Waals surface area (Å²) in [5, 5.41) is 3.36. The molecule has 5 nitrogen and oxygen atoms in total. The molecule has 1 aromatic heterocycles. The van der Waals surface area contributed by atoms with Gasteiger partial charge in [-0.05, 0) is 38.3 Å². The van der Waals surface area contributed by atoms with E-state index in [2.05, 4.69) is 51.9 Å². The number of hydrogen-bond acceptors (Lipinski definition) is 5. The number of aromatic nitrogens is 2. The summed E-state index contributed by atoms with van der Waals surface area (Å²) in [5.41, 5.74) is 6.20. The quantitative estimate of drug-likeness (QED) is 0.575. The molecule has 0 aliphatic rings. The van der Waals surface area contributed by atoms with Gasteiger partial charge in [0, 0.05) is 12.1 Å². The first-order valence-corrected chi connectivity index (χ1v) is 6.72. The van der Waals surface area contributed by atoms with Gasteiger partial charge in [0.1, 0.15) is 17.5 Å². The summed E-state index contributed by atoms with van der Waals surface area (Å²) in [5.74, 6) is 7.65. The van der Waals surface area contributed by atoms with Gasteiger partial charge in [-0.2, -0.15) is 0 Å². The molecule has 0 bridgehead atoms. The van der Waals surface area contributed by atoms with Crippen LogP contribution in [0.1, 0.15) is 22.5 Å². The summed E-state index contributed by atoms with van der Waals surface area (Å²) < 4.78 is 0. The zero-order chi connectivity index (χ0) is 14.5. The van der Waals surface area contributed by atoms with Crippen molar-refractivity contribution in [1.29, 1.82) is 0 Å². The third-order valence-corrected chi connectivity index (χ3v) is 3.34. The highest BCUT2D eigenvalue weighted by atomic mass is 15.3. The van der Waals surface area contributed by atoms with E-state index < -0.39 is 0 Å². The summed E-state index contributed by atoms with van der Waals surface area (Å²) in [6.45, 7) is 6.76. The van der Waals surface area contributed by atoms with Crippen molar-refractivity contribution >= 4 is 11.6 Å². The van der Waals surface area contributed by atoms with Crippen LogP contribution >= 0.6 is 0 Å². The highest BCUT2D eigenvalue weighted by molar-refractivity contribution is 5.56. The number of nitrogens with two attached hydrogens (primary N) is 1. The number of aryl methyl sites for hydroxylation is 2. The van der Waals surface area contributed by atoms with E-state index in [1.807, 2.05) is 13.8 Å². The lowest BCUT2D eigenvalue weighted by Gasteiger charge is -2.13. The summed E-state index contributed by atoms with van der Waals surface area (Å²) in [6.07, 6.45) is 0.959. The van der Waals surface area contributed by atoms with E-state index >= 15 is 0 Å². The van der Waals surface area contributed by atoms with Crippen LogP contribution in [0, 0.1) is 20.8 Å². The molecule has 0 fully saturated rings. The summed E-state index contributed by atoms with van der Waals surface area (Å²) in [6, 6.07) is 8.41. The predicted molar refractivity (Wildman–Crippen MR) is 82.7 cm³/mol. The van der Waals surface area contributed by atoms with Crippen LogP contribution in [-0.4, -0.2) is 16.5 Å². The van der Waals surface area contributed by atoms with Crippen molar-refractivity contribution in [3.63, 3.8) is 0 Å². The molecule has 0 aliphatic carbocycles. The average molecular weight is 271 g/mol. The molecule has 0 saturated heterocycles. The molecule has 5 heteroatoms. The Morgan fingerprint density at radius 2 is 1.75 bits per heavy atom. The van der Waals surface area contributed by atoms with E-state index in [9.17, 15) is 0 Å². The van der Waals surface area contributed by atoms with E-state index in [4.69, 9.17) is 5.84 Å². The lowest BCUT2D eigenvalue weighted by atomic mass is 10.1. The summed E-state index contributed by atoms with van der Waals surface area (Å²) in [7, 11) is 0. The molecule has 0 unspecified atom stereocenters. The predicted octanol–water partition coefficient (Wildman–Crippen LogP) is 2.34. The molecule has 106 valence electrons. The minimum atomic E-state index is 0.663. The van der Waals surface area contributed by atoms with Crippen LogP contribution in [0.4, 0.5) is 11.6 Å². The normalized spacial score (nSPS) is 10.4. The van der Waals surface area contributed by atoms with Gasteiger partial charge < -0.3 is 10.7 Å². The molecule has 0 amide bonds. The monoisotopic (exact) mass is 271 g/mol. The third kappa shape index (κ3) is 3.24. The molecule has 1 heterocycles. The number of rotatable bonds is 5. The average Bonchev–Trinajstić information content (AvgIpc) is 2.44. The van der Waals surface area contributed by atoms with Crippen molar-refractivity contribution < 1.29 is 0 Å². The number of nitrogen functional groups attached to an aromatic ring is 1. The summed E-state index contributed by atoms with van der Waals surface area (Å²) in [4.78, 5) is 8.66. The Hall–Kier alpha value is -2.14. The molecule has 2 rings (SSSR count). The lowest BCUT2D eigenvalue weighted by molar-refractivity contribution is 0.962. The fraction of sp³-hybridized carbons (Fsp3) is 0.333. The van der Waals surface area contributed by atoms with Crippen molar-refractivity contribution in [3.05, 3.63) is 46.8 Å². The second kappa shape index (κ2) is 6.34. The van der Waals surface area contributed by atoms with Gasteiger partial charge in [-0.3, -0.25) is 0 Å². The first-order valence-electron chi connectivity index (χ1n) is 6.72. The van der Waals surface area contributed by atoms with E-state index in [0.29, 0.717) is 11.6 Å².